The van der Waals surface area contributed by atoms with Crippen LogP contribution >= 0.6 is 0 Å². The fourth-order valence-electron chi connectivity index (χ4n) is 0.770. The van der Waals surface area contributed by atoms with E-state index in [4.69, 9.17) is 0 Å². The largest absolute Gasteiger partial charge is 0.257 e. The summed E-state index contributed by atoms with van der Waals surface area (Å²) >= 11 is 0. The molecule has 0 fully saturated rings. The minimum atomic E-state index is 0.783. The first kappa shape index (κ1) is 7.66. The summed E-state index contributed by atoms with van der Waals surface area (Å²) in [6.07, 6.45) is 5.05. The third-order valence-corrected chi connectivity index (χ3v) is 1.41. The molecule has 0 aliphatic heterocycles. The summed E-state index contributed by atoms with van der Waals surface area (Å²) in [5, 5.41) is 0. The quantitative estimate of drug-likeness (QED) is 0.638. The number of hydrogen-bond donors (Lipinski definition) is 0. The molecule has 0 spiro atoms. The predicted octanol–water partition coefficient (Wildman–Crippen LogP) is 2.07. The van der Waals surface area contributed by atoms with Crippen LogP contribution in [0.25, 0.3) is 12.2 Å². The third kappa shape index (κ3) is 1.52. The first-order valence-corrected chi connectivity index (χ1v) is 3.36. The molecule has 0 aromatic carbocycles. The van der Waals surface area contributed by atoms with Crippen LogP contribution in [0.1, 0.15) is 17.1 Å². The molecule has 0 bridgehead atoms. The van der Waals surface area contributed by atoms with E-state index >= 15 is 0 Å². The van der Waals surface area contributed by atoms with E-state index in [2.05, 4.69) is 23.1 Å². The van der Waals surface area contributed by atoms with Crippen molar-refractivity contribution in [1.29, 1.82) is 0 Å². The Hall–Kier alpha value is -1.44. The summed E-state index contributed by atoms with van der Waals surface area (Å²) < 4.78 is 0. The lowest BCUT2D eigenvalue weighted by molar-refractivity contribution is 1.09. The van der Waals surface area contributed by atoms with E-state index in [0.717, 1.165) is 17.1 Å². The zero-order valence-electron chi connectivity index (χ0n) is 6.54. The Labute approximate surface area is 66.3 Å². The van der Waals surface area contributed by atoms with Gasteiger partial charge in [-0.05, 0) is 19.1 Å². The van der Waals surface area contributed by atoms with Gasteiger partial charge >= 0.3 is 0 Å². The van der Waals surface area contributed by atoms with Crippen LogP contribution in [0.15, 0.2) is 19.4 Å². The number of hydrogen-bond acceptors (Lipinski definition) is 2. The fourth-order valence-corrected chi connectivity index (χ4v) is 0.770. The van der Waals surface area contributed by atoms with E-state index in [1.165, 1.54) is 0 Å². The zero-order valence-corrected chi connectivity index (χ0v) is 6.54. The standard InChI is InChI=1S/C9H10N2/c1-4-8-6-10-7(3)9(5-2)11-8/h4-6H,1-2H2,3H3. The maximum absolute atomic E-state index is 4.21. The Morgan fingerprint density at radius 2 is 2.09 bits per heavy atom. The van der Waals surface area contributed by atoms with Crippen molar-refractivity contribution in [2.75, 3.05) is 0 Å². The van der Waals surface area contributed by atoms with E-state index in [1.54, 1.807) is 18.3 Å². The molecule has 1 rings (SSSR count). The smallest absolute Gasteiger partial charge is 0.0843 e. The van der Waals surface area contributed by atoms with Gasteiger partial charge in [0.05, 0.1) is 23.3 Å². The summed E-state index contributed by atoms with van der Waals surface area (Å²) in [5.41, 5.74) is 2.50. The first-order chi connectivity index (χ1) is 5.27. The molecule has 1 aromatic heterocycles. The van der Waals surface area contributed by atoms with Crippen molar-refractivity contribution in [2.45, 2.75) is 6.92 Å². The normalized spacial score (nSPS) is 9.18. The van der Waals surface area contributed by atoms with Crippen molar-refractivity contribution in [2.24, 2.45) is 0 Å². The monoisotopic (exact) mass is 146 g/mol. The van der Waals surface area contributed by atoms with Crippen LogP contribution in [-0.2, 0) is 0 Å². The van der Waals surface area contributed by atoms with Crippen molar-refractivity contribution >= 4 is 12.2 Å². The van der Waals surface area contributed by atoms with E-state index in [0.29, 0.717) is 0 Å². The SMILES string of the molecule is C=Cc1cnc(C)c(C=C)n1. The molecule has 2 heteroatoms. The van der Waals surface area contributed by atoms with Gasteiger partial charge in [-0.15, -0.1) is 0 Å². The van der Waals surface area contributed by atoms with Crippen molar-refractivity contribution in [3.05, 3.63) is 36.4 Å². The van der Waals surface area contributed by atoms with Crippen LogP contribution in [0.2, 0.25) is 0 Å². The van der Waals surface area contributed by atoms with Crippen molar-refractivity contribution in [3.63, 3.8) is 0 Å². The van der Waals surface area contributed by atoms with Gasteiger partial charge in [0.1, 0.15) is 0 Å². The van der Waals surface area contributed by atoms with Crippen molar-refractivity contribution < 1.29 is 0 Å². The van der Waals surface area contributed by atoms with Gasteiger partial charge in [-0.1, -0.05) is 13.2 Å². The molecule has 0 saturated heterocycles. The average molecular weight is 146 g/mol. The van der Waals surface area contributed by atoms with Gasteiger partial charge in [-0.2, -0.15) is 0 Å². The molecule has 0 unspecified atom stereocenters. The lowest BCUT2D eigenvalue weighted by atomic mass is 10.3. The van der Waals surface area contributed by atoms with Crippen LogP contribution in [-0.4, -0.2) is 9.97 Å². The second-order valence-corrected chi connectivity index (χ2v) is 2.17. The lowest BCUT2D eigenvalue weighted by Crippen LogP contribution is -1.92. The second kappa shape index (κ2) is 3.10. The first-order valence-electron chi connectivity index (χ1n) is 3.36. The molecule has 1 aromatic rings. The number of aromatic nitrogens is 2. The molecule has 0 aliphatic carbocycles. The molecule has 0 radical (unpaired) electrons. The summed E-state index contributed by atoms with van der Waals surface area (Å²) in [7, 11) is 0. The highest BCUT2D eigenvalue weighted by Crippen LogP contribution is 2.04. The average Bonchev–Trinajstić information content (AvgIpc) is 2.05. The van der Waals surface area contributed by atoms with Crippen LogP contribution < -0.4 is 0 Å². The summed E-state index contributed by atoms with van der Waals surface area (Å²) in [6.45, 7) is 9.13. The van der Waals surface area contributed by atoms with Gasteiger partial charge < -0.3 is 0 Å². The molecule has 0 atom stereocenters. The topological polar surface area (TPSA) is 25.8 Å². The van der Waals surface area contributed by atoms with Gasteiger partial charge in [0, 0.05) is 0 Å². The van der Waals surface area contributed by atoms with Gasteiger partial charge in [0.25, 0.3) is 0 Å². The van der Waals surface area contributed by atoms with E-state index in [9.17, 15) is 0 Å². The number of aryl methyl sites for hydroxylation is 1. The van der Waals surface area contributed by atoms with Crippen molar-refractivity contribution in [1.82, 2.24) is 9.97 Å². The van der Waals surface area contributed by atoms with Gasteiger partial charge in [-0.25, -0.2) is 4.98 Å². The Balaban J connectivity index is 3.22. The minimum Gasteiger partial charge on any atom is -0.257 e. The molecule has 1 heterocycles. The Kier molecular flexibility index (Phi) is 2.16. The molecular weight excluding hydrogens is 136 g/mol. The third-order valence-electron chi connectivity index (χ3n) is 1.41. The molecule has 0 N–H and O–H groups in total. The van der Waals surface area contributed by atoms with Gasteiger partial charge in [0.2, 0.25) is 0 Å². The van der Waals surface area contributed by atoms with Crippen LogP contribution in [0, 0.1) is 6.92 Å². The molecule has 0 aliphatic rings. The van der Waals surface area contributed by atoms with Crippen molar-refractivity contribution in [3.8, 4) is 0 Å². The van der Waals surface area contributed by atoms with Crippen LogP contribution in [0.3, 0.4) is 0 Å². The molecule has 2 nitrogen and oxygen atoms in total. The highest BCUT2D eigenvalue weighted by Gasteiger charge is 1.95. The van der Waals surface area contributed by atoms with E-state index in [-0.39, 0.29) is 0 Å². The molecular formula is C9H10N2. The lowest BCUT2D eigenvalue weighted by Gasteiger charge is -1.98. The highest BCUT2D eigenvalue weighted by molar-refractivity contribution is 5.48. The summed E-state index contributed by atoms with van der Waals surface area (Å²) in [4.78, 5) is 8.33. The summed E-state index contributed by atoms with van der Waals surface area (Å²) in [6, 6.07) is 0. The van der Waals surface area contributed by atoms with Crippen LogP contribution in [0.5, 0.6) is 0 Å². The van der Waals surface area contributed by atoms with Gasteiger partial charge in [-0.3, -0.25) is 4.98 Å². The minimum absolute atomic E-state index is 0.783. The number of nitrogens with zero attached hydrogens (tertiary/aromatic N) is 2. The Bertz CT molecular complexity index is 290. The van der Waals surface area contributed by atoms with E-state index < -0.39 is 0 Å². The highest BCUT2D eigenvalue weighted by atomic mass is 14.8. The van der Waals surface area contributed by atoms with Crippen LogP contribution in [0.4, 0.5) is 0 Å². The molecule has 11 heavy (non-hydrogen) atoms. The summed E-state index contributed by atoms with van der Waals surface area (Å²) in [5.74, 6) is 0. The number of rotatable bonds is 2. The Morgan fingerprint density at radius 3 is 2.64 bits per heavy atom. The molecule has 0 saturated carbocycles. The molecule has 0 amide bonds. The zero-order chi connectivity index (χ0) is 8.27. The van der Waals surface area contributed by atoms with E-state index in [1.807, 2.05) is 6.92 Å². The maximum Gasteiger partial charge on any atom is 0.0843 e. The Morgan fingerprint density at radius 1 is 1.36 bits per heavy atom. The predicted molar refractivity (Wildman–Crippen MR) is 47.0 cm³/mol. The molecule has 56 valence electrons. The van der Waals surface area contributed by atoms with Gasteiger partial charge in [0.15, 0.2) is 0 Å². The maximum atomic E-state index is 4.21. The fraction of sp³-hybridized carbons (Fsp3) is 0.111. The second-order valence-electron chi connectivity index (χ2n) is 2.17.